The maximum Gasteiger partial charge on any atom is 0.358 e. The van der Waals surface area contributed by atoms with Gasteiger partial charge in [0.05, 0.1) is 11.1 Å². The minimum atomic E-state index is -3.25. The average Bonchev–Trinajstić information content (AvgIpc) is 3.35. The van der Waals surface area contributed by atoms with E-state index in [0.717, 1.165) is 11.1 Å². The highest BCUT2D eigenvalue weighted by Gasteiger charge is 2.17. The van der Waals surface area contributed by atoms with Crippen LogP contribution in [-0.2, 0) is 21.2 Å². The molecule has 29 heavy (non-hydrogen) atoms. The zero-order valence-corrected chi connectivity index (χ0v) is 17.6. The molecule has 0 fully saturated rings. The third-order valence-electron chi connectivity index (χ3n) is 3.48. The number of hydrogen-bond donors (Lipinski definition) is 1. The summed E-state index contributed by atoms with van der Waals surface area (Å²) in [5.74, 6) is -0.637. The number of carbonyl (C=O) groups is 2. The SMILES string of the molecule is CS(=O)(=O)NCCc1ccc(C(=O)COC(=O)c2csc(-c3ncccn3)n2)s1. The van der Waals surface area contributed by atoms with E-state index in [1.165, 1.54) is 28.1 Å². The summed E-state index contributed by atoms with van der Waals surface area (Å²) >= 11 is 2.44. The summed E-state index contributed by atoms with van der Waals surface area (Å²) in [5, 5.41) is 2.01. The number of aromatic nitrogens is 3. The lowest BCUT2D eigenvalue weighted by Gasteiger charge is -2.01. The van der Waals surface area contributed by atoms with Gasteiger partial charge < -0.3 is 4.74 Å². The molecule has 0 aliphatic heterocycles. The number of carbonyl (C=O) groups excluding carboxylic acids is 2. The summed E-state index contributed by atoms with van der Waals surface area (Å²) in [6.07, 6.45) is 4.71. The quantitative estimate of drug-likeness (QED) is 0.384. The van der Waals surface area contributed by atoms with Gasteiger partial charge in [0.15, 0.2) is 23.1 Å². The lowest BCUT2D eigenvalue weighted by Crippen LogP contribution is -2.24. The first-order chi connectivity index (χ1) is 13.8. The van der Waals surface area contributed by atoms with Crippen molar-refractivity contribution in [3.05, 3.63) is 51.4 Å². The van der Waals surface area contributed by atoms with Crippen LogP contribution in [0.3, 0.4) is 0 Å². The van der Waals surface area contributed by atoms with Gasteiger partial charge in [0.25, 0.3) is 0 Å². The van der Waals surface area contributed by atoms with Crippen LogP contribution in [0.5, 0.6) is 0 Å². The van der Waals surface area contributed by atoms with E-state index < -0.39 is 22.6 Å². The molecule has 0 aliphatic carbocycles. The number of esters is 1. The number of ether oxygens (including phenoxy) is 1. The number of nitrogens with one attached hydrogen (secondary N) is 1. The van der Waals surface area contributed by atoms with Crippen molar-refractivity contribution in [2.75, 3.05) is 19.4 Å². The summed E-state index contributed by atoms with van der Waals surface area (Å²) in [4.78, 5) is 37.9. The Labute approximate surface area is 174 Å². The maximum atomic E-state index is 12.2. The second kappa shape index (κ2) is 9.31. The first-order valence-corrected chi connectivity index (χ1v) is 11.9. The third-order valence-corrected chi connectivity index (χ3v) is 6.23. The molecule has 0 unspecified atom stereocenters. The van der Waals surface area contributed by atoms with Crippen LogP contribution in [0.1, 0.15) is 25.0 Å². The Balaban J connectivity index is 1.52. The van der Waals surface area contributed by atoms with E-state index in [9.17, 15) is 18.0 Å². The number of hydrogen-bond acceptors (Lipinski definition) is 10. The van der Waals surface area contributed by atoms with Crippen molar-refractivity contribution in [2.45, 2.75) is 6.42 Å². The predicted molar refractivity (Wildman–Crippen MR) is 109 cm³/mol. The molecule has 1 N–H and O–H groups in total. The van der Waals surface area contributed by atoms with Gasteiger partial charge >= 0.3 is 5.97 Å². The van der Waals surface area contributed by atoms with Gasteiger partial charge in [-0.05, 0) is 24.6 Å². The van der Waals surface area contributed by atoms with Crippen LogP contribution in [0.15, 0.2) is 36.0 Å². The summed E-state index contributed by atoms with van der Waals surface area (Å²) in [5.41, 5.74) is 0.0870. The van der Waals surface area contributed by atoms with E-state index in [1.54, 1.807) is 30.6 Å². The van der Waals surface area contributed by atoms with Crippen LogP contribution in [-0.4, -0.2) is 54.5 Å². The van der Waals surface area contributed by atoms with E-state index in [4.69, 9.17) is 4.74 Å². The third kappa shape index (κ3) is 6.22. The molecule has 152 valence electrons. The topological polar surface area (TPSA) is 128 Å². The van der Waals surface area contributed by atoms with Crippen LogP contribution in [0.2, 0.25) is 0 Å². The highest BCUT2D eigenvalue weighted by atomic mass is 32.2. The molecule has 0 bridgehead atoms. The Morgan fingerprint density at radius 3 is 2.69 bits per heavy atom. The molecule has 0 saturated heterocycles. The standard InChI is InChI=1S/C17H16N4O5S3/c1-29(24,25)20-8-5-11-3-4-14(28-11)13(22)9-26-17(23)12-10-27-16(21-12)15-18-6-2-7-19-15/h2-4,6-7,10,20H,5,8-9H2,1H3. The first-order valence-electron chi connectivity index (χ1n) is 8.28. The van der Waals surface area contributed by atoms with Crippen LogP contribution in [0.25, 0.3) is 10.8 Å². The number of thiazole rings is 1. The van der Waals surface area contributed by atoms with E-state index >= 15 is 0 Å². The van der Waals surface area contributed by atoms with Gasteiger partial charge in [0, 0.05) is 29.2 Å². The van der Waals surface area contributed by atoms with Crippen molar-refractivity contribution in [3.8, 4) is 10.8 Å². The monoisotopic (exact) mass is 452 g/mol. The lowest BCUT2D eigenvalue weighted by atomic mass is 10.3. The summed E-state index contributed by atoms with van der Waals surface area (Å²) in [7, 11) is -3.25. The Kier molecular flexibility index (Phi) is 6.79. The van der Waals surface area contributed by atoms with Crippen molar-refractivity contribution in [3.63, 3.8) is 0 Å². The fourth-order valence-electron chi connectivity index (χ4n) is 2.18. The molecule has 9 nitrogen and oxygen atoms in total. The lowest BCUT2D eigenvalue weighted by molar-refractivity contribution is 0.0471. The van der Waals surface area contributed by atoms with Crippen molar-refractivity contribution in [1.82, 2.24) is 19.7 Å². The predicted octanol–water partition coefficient (Wildman–Crippen LogP) is 1.79. The summed E-state index contributed by atoms with van der Waals surface area (Å²) in [6, 6.07) is 5.05. The minimum Gasteiger partial charge on any atom is -0.453 e. The molecule has 0 aromatic carbocycles. The summed E-state index contributed by atoms with van der Waals surface area (Å²) in [6.45, 7) is -0.158. The van der Waals surface area contributed by atoms with Gasteiger partial charge in [-0.3, -0.25) is 4.79 Å². The molecule has 3 aromatic heterocycles. The van der Waals surface area contributed by atoms with Crippen LogP contribution in [0, 0.1) is 0 Å². The normalized spacial score (nSPS) is 11.3. The Hall–Kier alpha value is -2.54. The van der Waals surface area contributed by atoms with Gasteiger partial charge in [0.2, 0.25) is 15.8 Å². The largest absolute Gasteiger partial charge is 0.453 e. The smallest absolute Gasteiger partial charge is 0.358 e. The zero-order chi connectivity index (χ0) is 20.9. The molecule has 3 rings (SSSR count). The molecule has 0 spiro atoms. The fraction of sp³-hybridized carbons (Fsp3) is 0.235. The molecule has 3 aromatic rings. The molecular formula is C17H16N4O5S3. The highest BCUT2D eigenvalue weighted by molar-refractivity contribution is 7.88. The second-order valence-corrected chi connectivity index (χ2v) is 9.65. The first kappa shape index (κ1) is 21.2. The fourth-order valence-corrected chi connectivity index (χ4v) is 4.32. The van der Waals surface area contributed by atoms with Gasteiger partial charge in [-0.25, -0.2) is 32.9 Å². The van der Waals surface area contributed by atoms with E-state index in [-0.39, 0.29) is 18.0 Å². The maximum absolute atomic E-state index is 12.2. The summed E-state index contributed by atoms with van der Waals surface area (Å²) < 4.78 is 29.6. The number of nitrogens with zero attached hydrogens (tertiary/aromatic N) is 3. The molecule has 0 saturated carbocycles. The van der Waals surface area contributed by atoms with E-state index in [2.05, 4.69) is 19.7 Å². The van der Waals surface area contributed by atoms with Gasteiger partial charge in [-0.15, -0.1) is 22.7 Å². The van der Waals surface area contributed by atoms with Crippen molar-refractivity contribution >= 4 is 44.4 Å². The minimum absolute atomic E-state index is 0.0870. The van der Waals surface area contributed by atoms with Gasteiger partial charge in [0.1, 0.15) is 0 Å². The number of Topliss-reactive ketones (excluding diaryl/α,β-unsaturated/α-hetero) is 1. The van der Waals surface area contributed by atoms with Gasteiger partial charge in [-0.2, -0.15) is 0 Å². The number of ketones is 1. The Morgan fingerprint density at radius 2 is 1.97 bits per heavy atom. The van der Waals surface area contributed by atoms with Crippen LogP contribution in [0.4, 0.5) is 0 Å². The Bertz CT molecular complexity index is 1110. The molecule has 0 aliphatic rings. The average molecular weight is 453 g/mol. The number of thiophene rings is 1. The number of rotatable bonds is 9. The van der Waals surface area contributed by atoms with E-state index in [1.807, 2.05) is 0 Å². The number of sulfonamides is 1. The van der Waals surface area contributed by atoms with Crippen molar-refractivity contribution < 1.29 is 22.7 Å². The van der Waals surface area contributed by atoms with Crippen molar-refractivity contribution in [1.29, 1.82) is 0 Å². The molecule has 0 amide bonds. The Morgan fingerprint density at radius 1 is 1.21 bits per heavy atom. The molecule has 0 radical (unpaired) electrons. The van der Waals surface area contributed by atoms with E-state index in [0.29, 0.717) is 22.1 Å². The zero-order valence-electron chi connectivity index (χ0n) is 15.2. The second-order valence-electron chi connectivity index (χ2n) is 5.79. The van der Waals surface area contributed by atoms with Crippen LogP contribution >= 0.6 is 22.7 Å². The molecular weight excluding hydrogens is 436 g/mol. The van der Waals surface area contributed by atoms with Gasteiger partial charge in [-0.1, -0.05) is 0 Å². The van der Waals surface area contributed by atoms with Crippen molar-refractivity contribution in [2.24, 2.45) is 0 Å². The highest BCUT2D eigenvalue weighted by Crippen LogP contribution is 2.21. The molecule has 12 heteroatoms. The molecule has 0 atom stereocenters. The van der Waals surface area contributed by atoms with Crippen LogP contribution < -0.4 is 4.72 Å². The molecule has 3 heterocycles.